The predicted octanol–water partition coefficient (Wildman–Crippen LogP) is 1.21. The maximum Gasteiger partial charge on any atom is 0.338 e. The first-order chi connectivity index (χ1) is 8.60. The number of aromatic amines is 1. The van der Waals surface area contributed by atoms with E-state index in [9.17, 15) is 4.79 Å². The van der Waals surface area contributed by atoms with Crippen molar-refractivity contribution in [1.29, 1.82) is 0 Å². The molecule has 0 aliphatic rings. The predicted molar refractivity (Wildman–Crippen MR) is 69.8 cm³/mol. The fourth-order valence-electron chi connectivity index (χ4n) is 1.94. The van der Waals surface area contributed by atoms with Crippen molar-refractivity contribution in [2.75, 3.05) is 7.11 Å². The van der Waals surface area contributed by atoms with Crippen molar-refractivity contribution in [2.24, 2.45) is 5.73 Å². The molecule has 1 atom stereocenters. The van der Waals surface area contributed by atoms with Gasteiger partial charge in [0.25, 0.3) is 0 Å². The van der Waals surface area contributed by atoms with E-state index < -0.39 is 11.5 Å². The van der Waals surface area contributed by atoms with E-state index in [1.807, 2.05) is 30.5 Å². The summed E-state index contributed by atoms with van der Waals surface area (Å²) >= 11 is 0. The minimum absolute atomic E-state index is 0.236. The number of H-pyrrole nitrogens is 1. The average molecular weight is 242 g/mol. The number of carbonyl (C=O) groups is 1. The van der Waals surface area contributed by atoms with E-state index in [1.165, 1.54) is 7.11 Å². The Kier molecular flexibility index (Phi) is 3.09. The zero-order valence-electron chi connectivity index (χ0n) is 10.1. The number of hydrogen-bond acceptors (Lipinski definition) is 3. The van der Waals surface area contributed by atoms with Gasteiger partial charge < -0.3 is 15.5 Å². The molecule has 0 saturated carbocycles. The van der Waals surface area contributed by atoms with Crippen molar-refractivity contribution in [2.45, 2.75) is 12.0 Å². The van der Waals surface area contributed by atoms with Crippen LogP contribution in [0.15, 0.2) is 30.5 Å². The highest BCUT2D eigenvalue weighted by molar-refractivity contribution is 5.88. The van der Waals surface area contributed by atoms with Gasteiger partial charge in [-0.15, -0.1) is 6.42 Å². The maximum absolute atomic E-state index is 11.6. The summed E-state index contributed by atoms with van der Waals surface area (Å²) in [7, 11) is 1.27. The van der Waals surface area contributed by atoms with Crippen molar-refractivity contribution in [3.63, 3.8) is 0 Å². The highest BCUT2D eigenvalue weighted by Crippen LogP contribution is 2.21. The number of esters is 1. The second-order valence-electron chi connectivity index (χ2n) is 4.14. The molecule has 92 valence electrons. The van der Waals surface area contributed by atoms with Gasteiger partial charge in [0.2, 0.25) is 0 Å². The molecule has 0 aliphatic heterocycles. The molecule has 0 radical (unpaired) electrons. The minimum Gasteiger partial charge on any atom is -0.467 e. The van der Waals surface area contributed by atoms with Crippen molar-refractivity contribution < 1.29 is 9.53 Å². The summed E-state index contributed by atoms with van der Waals surface area (Å²) < 4.78 is 4.65. The Hall–Kier alpha value is -2.25. The fourth-order valence-corrected chi connectivity index (χ4v) is 1.94. The maximum atomic E-state index is 11.6. The van der Waals surface area contributed by atoms with Crippen LogP contribution in [-0.2, 0) is 16.0 Å². The average Bonchev–Trinajstić information content (AvgIpc) is 2.81. The molecule has 0 aliphatic carbocycles. The first-order valence-electron chi connectivity index (χ1n) is 5.51. The van der Waals surface area contributed by atoms with E-state index in [-0.39, 0.29) is 6.42 Å². The number of fused-ring (bicyclic) bond motifs is 1. The summed E-state index contributed by atoms with van der Waals surface area (Å²) in [6.45, 7) is 0. The molecule has 4 nitrogen and oxygen atoms in total. The van der Waals surface area contributed by atoms with Crippen LogP contribution in [0.1, 0.15) is 5.56 Å². The Morgan fingerprint density at radius 2 is 2.28 bits per heavy atom. The summed E-state index contributed by atoms with van der Waals surface area (Å²) in [5.74, 6) is 1.72. The number of ether oxygens (including phenoxy) is 1. The molecule has 0 spiro atoms. The SMILES string of the molecule is C#CC(N)(Cc1c[nH]c2ccccc12)C(=O)OC. The van der Waals surface area contributed by atoms with E-state index in [2.05, 4.69) is 15.6 Å². The van der Waals surface area contributed by atoms with Gasteiger partial charge in [0.15, 0.2) is 5.54 Å². The molecule has 1 aromatic carbocycles. The number of nitrogens with two attached hydrogens (primary N) is 1. The Morgan fingerprint density at radius 1 is 1.56 bits per heavy atom. The third-order valence-electron chi connectivity index (χ3n) is 2.95. The van der Waals surface area contributed by atoms with Crippen LogP contribution in [0.25, 0.3) is 10.9 Å². The van der Waals surface area contributed by atoms with Gasteiger partial charge in [0, 0.05) is 23.5 Å². The summed E-state index contributed by atoms with van der Waals surface area (Å²) in [5, 5.41) is 1.01. The first-order valence-corrected chi connectivity index (χ1v) is 5.51. The van der Waals surface area contributed by atoms with Gasteiger partial charge >= 0.3 is 5.97 Å². The number of carbonyl (C=O) groups excluding carboxylic acids is 1. The van der Waals surface area contributed by atoms with E-state index in [4.69, 9.17) is 12.2 Å². The standard InChI is InChI=1S/C14H14N2O2/c1-3-14(15,13(17)18-2)8-10-9-16-12-7-5-4-6-11(10)12/h1,4-7,9,16H,8,15H2,2H3. The summed E-state index contributed by atoms with van der Waals surface area (Å²) in [4.78, 5) is 14.7. The summed E-state index contributed by atoms with van der Waals surface area (Å²) in [6.07, 6.45) is 7.41. The summed E-state index contributed by atoms with van der Waals surface area (Å²) in [6, 6.07) is 7.76. The molecule has 0 saturated heterocycles. The number of para-hydroxylation sites is 1. The fraction of sp³-hybridized carbons (Fsp3) is 0.214. The van der Waals surface area contributed by atoms with Gasteiger partial charge in [-0.25, -0.2) is 4.79 Å². The molecule has 0 amide bonds. The number of nitrogens with one attached hydrogen (secondary N) is 1. The van der Waals surface area contributed by atoms with Crippen molar-refractivity contribution in [3.05, 3.63) is 36.0 Å². The molecule has 0 fully saturated rings. The Balaban J connectivity index is 2.39. The molecule has 2 aromatic rings. The van der Waals surface area contributed by atoms with Gasteiger partial charge in [-0.05, 0) is 11.6 Å². The van der Waals surface area contributed by atoms with Crippen LogP contribution in [0.2, 0.25) is 0 Å². The van der Waals surface area contributed by atoms with E-state index in [1.54, 1.807) is 0 Å². The van der Waals surface area contributed by atoms with Crippen LogP contribution in [0.4, 0.5) is 0 Å². The zero-order valence-corrected chi connectivity index (χ0v) is 10.1. The molecule has 4 heteroatoms. The van der Waals surface area contributed by atoms with Crippen molar-refractivity contribution in [3.8, 4) is 12.3 Å². The molecular formula is C14H14N2O2. The lowest BCUT2D eigenvalue weighted by atomic mass is 9.92. The largest absolute Gasteiger partial charge is 0.467 e. The van der Waals surface area contributed by atoms with E-state index >= 15 is 0 Å². The normalized spacial score (nSPS) is 13.8. The second-order valence-corrected chi connectivity index (χ2v) is 4.14. The van der Waals surface area contributed by atoms with Crippen LogP contribution in [0, 0.1) is 12.3 Å². The number of aromatic nitrogens is 1. The molecule has 0 bridgehead atoms. The van der Waals surface area contributed by atoms with Crippen LogP contribution in [-0.4, -0.2) is 23.6 Å². The molecule has 1 heterocycles. The van der Waals surface area contributed by atoms with Gasteiger partial charge in [0.1, 0.15) is 0 Å². The molecule has 18 heavy (non-hydrogen) atoms. The summed E-state index contributed by atoms with van der Waals surface area (Å²) in [5.41, 5.74) is 6.36. The molecule has 1 unspecified atom stereocenters. The Bertz CT molecular complexity index is 624. The quantitative estimate of drug-likeness (QED) is 0.628. The van der Waals surface area contributed by atoms with Gasteiger partial charge in [-0.1, -0.05) is 24.1 Å². The number of terminal acetylenes is 1. The van der Waals surface area contributed by atoms with E-state index in [0.717, 1.165) is 16.5 Å². The molecular weight excluding hydrogens is 228 g/mol. The Labute approximate surface area is 105 Å². The lowest BCUT2D eigenvalue weighted by molar-refractivity contribution is -0.144. The monoisotopic (exact) mass is 242 g/mol. The molecule has 3 N–H and O–H groups in total. The highest BCUT2D eigenvalue weighted by atomic mass is 16.5. The van der Waals surface area contributed by atoms with Gasteiger partial charge in [0.05, 0.1) is 7.11 Å². The lowest BCUT2D eigenvalue weighted by Gasteiger charge is -2.19. The highest BCUT2D eigenvalue weighted by Gasteiger charge is 2.34. The molecule has 2 rings (SSSR count). The number of hydrogen-bond donors (Lipinski definition) is 2. The number of rotatable bonds is 3. The van der Waals surface area contributed by atoms with Crippen molar-refractivity contribution in [1.82, 2.24) is 4.98 Å². The topological polar surface area (TPSA) is 68.1 Å². The number of benzene rings is 1. The third kappa shape index (κ3) is 1.96. The van der Waals surface area contributed by atoms with Crippen LogP contribution in [0.3, 0.4) is 0 Å². The van der Waals surface area contributed by atoms with Gasteiger partial charge in [-0.3, -0.25) is 0 Å². The first kappa shape index (κ1) is 12.2. The van der Waals surface area contributed by atoms with Crippen LogP contribution in [0.5, 0.6) is 0 Å². The number of methoxy groups -OCH3 is 1. The third-order valence-corrected chi connectivity index (χ3v) is 2.95. The van der Waals surface area contributed by atoms with Gasteiger partial charge in [-0.2, -0.15) is 0 Å². The zero-order chi connectivity index (χ0) is 13.2. The van der Waals surface area contributed by atoms with E-state index in [0.29, 0.717) is 0 Å². The second kappa shape index (κ2) is 4.55. The van der Waals surface area contributed by atoms with Crippen LogP contribution >= 0.6 is 0 Å². The minimum atomic E-state index is -1.43. The lowest BCUT2D eigenvalue weighted by Crippen LogP contribution is -2.49. The van der Waals surface area contributed by atoms with Crippen LogP contribution < -0.4 is 5.73 Å². The Morgan fingerprint density at radius 3 is 2.94 bits per heavy atom. The smallest absolute Gasteiger partial charge is 0.338 e. The molecule has 1 aromatic heterocycles. The van der Waals surface area contributed by atoms with Crippen molar-refractivity contribution >= 4 is 16.9 Å².